The Labute approximate surface area is 214 Å². The number of carbonyl (C=O) groups is 1. The average Bonchev–Trinajstić information content (AvgIpc) is 3.76. The number of sulfonamides is 1. The number of carbonyl (C=O) groups excluding carboxylic acids is 1. The normalized spacial score (nSPS) is 29.8. The SMILES string of the molecule is C[C@H]1CN(C(=O)CC2([C@H]3CCC[C@@H](C4CC4)N3S(=O)(=O)c3ccc(Cl)cc3)CC2)CCN1CCO. The van der Waals surface area contributed by atoms with E-state index in [1.807, 2.05) is 9.21 Å². The van der Waals surface area contributed by atoms with Crippen LogP contribution in [0.4, 0.5) is 0 Å². The Kier molecular flexibility index (Phi) is 7.23. The van der Waals surface area contributed by atoms with E-state index in [9.17, 15) is 18.3 Å². The number of benzene rings is 1. The zero-order valence-corrected chi connectivity index (χ0v) is 22.2. The van der Waals surface area contributed by atoms with Gasteiger partial charge in [0.15, 0.2) is 0 Å². The minimum Gasteiger partial charge on any atom is -0.395 e. The van der Waals surface area contributed by atoms with Crippen LogP contribution in [0.5, 0.6) is 0 Å². The Morgan fingerprint density at radius 3 is 2.43 bits per heavy atom. The zero-order chi connectivity index (χ0) is 24.8. The Morgan fingerprint density at radius 1 is 1.11 bits per heavy atom. The molecule has 2 aliphatic carbocycles. The molecule has 5 rings (SSSR count). The molecule has 1 amide bonds. The van der Waals surface area contributed by atoms with Crippen molar-refractivity contribution in [3.05, 3.63) is 29.3 Å². The molecule has 0 radical (unpaired) electrons. The van der Waals surface area contributed by atoms with Crippen LogP contribution in [-0.2, 0) is 14.8 Å². The topological polar surface area (TPSA) is 81.2 Å². The lowest BCUT2D eigenvalue weighted by molar-refractivity contribution is -0.136. The largest absolute Gasteiger partial charge is 0.395 e. The van der Waals surface area contributed by atoms with Crippen LogP contribution in [0.15, 0.2) is 29.2 Å². The maximum absolute atomic E-state index is 14.0. The van der Waals surface area contributed by atoms with Gasteiger partial charge in [0.05, 0.1) is 11.5 Å². The van der Waals surface area contributed by atoms with Crippen LogP contribution in [0.2, 0.25) is 5.02 Å². The molecule has 0 aromatic heterocycles. The van der Waals surface area contributed by atoms with Crippen molar-refractivity contribution in [2.24, 2.45) is 11.3 Å². The van der Waals surface area contributed by atoms with Crippen molar-refractivity contribution < 1.29 is 18.3 Å². The number of piperazine rings is 1. The summed E-state index contributed by atoms with van der Waals surface area (Å²) in [6.07, 6.45) is 7.17. The highest BCUT2D eigenvalue weighted by Crippen LogP contribution is 2.58. The quantitative estimate of drug-likeness (QED) is 0.565. The minimum atomic E-state index is -3.69. The van der Waals surface area contributed by atoms with Crippen molar-refractivity contribution in [2.75, 3.05) is 32.8 Å². The summed E-state index contributed by atoms with van der Waals surface area (Å²) < 4.78 is 29.9. The summed E-state index contributed by atoms with van der Waals surface area (Å²) in [5.41, 5.74) is -0.254. The van der Waals surface area contributed by atoms with E-state index < -0.39 is 10.0 Å². The average molecular weight is 524 g/mol. The van der Waals surface area contributed by atoms with Gasteiger partial charge in [0.25, 0.3) is 0 Å². The van der Waals surface area contributed by atoms with Gasteiger partial charge in [-0.05, 0) is 81.0 Å². The lowest BCUT2D eigenvalue weighted by Gasteiger charge is -2.46. The molecule has 3 atom stereocenters. The fraction of sp³-hybridized carbons (Fsp3) is 0.731. The van der Waals surface area contributed by atoms with Gasteiger partial charge in [-0.1, -0.05) is 18.0 Å². The van der Waals surface area contributed by atoms with Gasteiger partial charge in [-0.2, -0.15) is 4.31 Å². The van der Waals surface area contributed by atoms with E-state index in [1.165, 1.54) is 0 Å². The predicted molar refractivity (Wildman–Crippen MR) is 136 cm³/mol. The molecule has 1 aromatic carbocycles. The third-order valence-corrected chi connectivity index (χ3v) is 11.0. The molecule has 4 fully saturated rings. The van der Waals surface area contributed by atoms with Crippen molar-refractivity contribution in [3.8, 4) is 0 Å². The maximum atomic E-state index is 14.0. The number of hydrogen-bond acceptors (Lipinski definition) is 5. The van der Waals surface area contributed by atoms with Crippen molar-refractivity contribution in [3.63, 3.8) is 0 Å². The highest BCUT2D eigenvalue weighted by atomic mass is 35.5. The Hall–Kier alpha value is -1.19. The molecule has 2 saturated heterocycles. The second kappa shape index (κ2) is 9.93. The first-order valence-electron chi connectivity index (χ1n) is 13.2. The van der Waals surface area contributed by atoms with Crippen molar-refractivity contribution in [1.82, 2.24) is 14.1 Å². The van der Waals surface area contributed by atoms with E-state index in [4.69, 9.17) is 11.6 Å². The van der Waals surface area contributed by atoms with Gasteiger partial charge in [-0.25, -0.2) is 8.42 Å². The predicted octanol–water partition coefficient (Wildman–Crippen LogP) is 3.36. The highest BCUT2D eigenvalue weighted by Gasteiger charge is 2.58. The van der Waals surface area contributed by atoms with Crippen LogP contribution in [0.1, 0.15) is 58.3 Å². The summed E-state index contributed by atoms with van der Waals surface area (Å²) in [4.78, 5) is 18.0. The number of nitrogens with zero attached hydrogens (tertiary/aromatic N) is 3. The van der Waals surface area contributed by atoms with Crippen molar-refractivity contribution >= 4 is 27.5 Å². The number of piperidine rings is 1. The third kappa shape index (κ3) is 5.14. The molecule has 9 heteroatoms. The Balaban J connectivity index is 1.37. The molecule has 4 aliphatic rings. The lowest BCUT2D eigenvalue weighted by Crippen LogP contribution is -2.56. The third-order valence-electron chi connectivity index (χ3n) is 8.77. The molecule has 0 bridgehead atoms. The number of amides is 1. The van der Waals surface area contributed by atoms with Crippen LogP contribution in [-0.4, -0.2) is 84.4 Å². The summed E-state index contributed by atoms with van der Waals surface area (Å²) in [5, 5.41) is 9.81. The van der Waals surface area contributed by atoms with Gasteiger partial charge in [-0.15, -0.1) is 0 Å². The van der Waals surface area contributed by atoms with Crippen LogP contribution in [0.25, 0.3) is 0 Å². The molecule has 35 heavy (non-hydrogen) atoms. The fourth-order valence-corrected chi connectivity index (χ4v) is 8.61. The maximum Gasteiger partial charge on any atom is 0.243 e. The molecule has 194 valence electrons. The summed E-state index contributed by atoms with van der Waals surface area (Å²) in [7, 11) is -3.69. The molecule has 0 spiro atoms. The highest BCUT2D eigenvalue weighted by molar-refractivity contribution is 7.89. The Morgan fingerprint density at radius 2 is 1.83 bits per heavy atom. The number of halogens is 1. The minimum absolute atomic E-state index is 0.0315. The van der Waals surface area contributed by atoms with E-state index in [-0.39, 0.29) is 36.1 Å². The number of aliphatic hydroxyl groups is 1. The Bertz CT molecular complexity index is 1030. The van der Waals surface area contributed by atoms with E-state index >= 15 is 0 Å². The molecule has 1 N–H and O–H groups in total. The molecule has 0 unspecified atom stereocenters. The van der Waals surface area contributed by atoms with Gasteiger partial charge >= 0.3 is 0 Å². The van der Waals surface area contributed by atoms with Gasteiger partial charge in [0.1, 0.15) is 0 Å². The molecule has 1 aromatic rings. The lowest BCUT2D eigenvalue weighted by atomic mass is 9.83. The van der Waals surface area contributed by atoms with Crippen LogP contribution in [0, 0.1) is 11.3 Å². The molecular weight excluding hydrogens is 486 g/mol. The first kappa shape index (κ1) is 25.5. The van der Waals surface area contributed by atoms with E-state index in [0.717, 1.165) is 51.5 Å². The van der Waals surface area contributed by atoms with Crippen molar-refractivity contribution in [2.45, 2.75) is 81.3 Å². The second-order valence-electron chi connectivity index (χ2n) is 11.1. The number of hydrogen-bond donors (Lipinski definition) is 1. The summed E-state index contributed by atoms with van der Waals surface area (Å²) in [6.45, 7) is 4.96. The first-order valence-corrected chi connectivity index (χ1v) is 15.0. The molecule has 2 heterocycles. The van der Waals surface area contributed by atoms with E-state index in [2.05, 4.69) is 11.8 Å². The first-order chi connectivity index (χ1) is 16.7. The van der Waals surface area contributed by atoms with Gasteiger partial charge in [0.2, 0.25) is 15.9 Å². The van der Waals surface area contributed by atoms with Gasteiger partial charge in [-0.3, -0.25) is 9.69 Å². The summed E-state index contributed by atoms with van der Waals surface area (Å²) in [6, 6.07) is 6.65. The standard InChI is InChI=1S/C26H38ClN3O4S/c1-19-18-29(14-13-28(19)15-16-31)25(32)17-26(11-12-26)24-4-2-3-23(20-5-6-20)30(24)35(33,34)22-9-7-21(27)8-10-22/h7-10,19-20,23-24,31H,2-6,11-18H2,1H3/t19-,23-,24+/m0/s1. The van der Waals surface area contributed by atoms with Gasteiger partial charge < -0.3 is 10.0 Å². The van der Waals surface area contributed by atoms with E-state index in [1.54, 1.807) is 24.3 Å². The fourth-order valence-electron chi connectivity index (χ4n) is 6.46. The number of β-amino-alcohol motifs (C(OH)–C–C–N with tert-alkyl or cyclic N) is 1. The molecule has 7 nitrogen and oxygen atoms in total. The van der Waals surface area contributed by atoms with Gasteiger partial charge in [0, 0.05) is 55.7 Å². The summed E-state index contributed by atoms with van der Waals surface area (Å²) >= 11 is 6.05. The number of rotatable bonds is 8. The van der Waals surface area contributed by atoms with Crippen molar-refractivity contribution in [1.29, 1.82) is 0 Å². The smallest absolute Gasteiger partial charge is 0.243 e. The number of aliphatic hydroxyl groups excluding tert-OH is 1. The second-order valence-corrected chi connectivity index (χ2v) is 13.4. The molecule has 2 aliphatic heterocycles. The molecular formula is C26H38ClN3O4S. The van der Waals surface area contributed by atoms with Crippen LogP contribution < -0.4 is 0 Å². The zero-order valence-electron chi connectivity index (χ0n) is 20.6. The molecule has 2 saturated carbocycles. The van der Waals surface area contributed by atoms with Crippen LogP contribution >= 0.6 is 11.6 Å². The van der Waals surface area contributed by atoms with E-state index in [0.29, 0.717) is 41.9 Å². The van der Waals surface area contributed by atoms with Crippen LogP contribution in [0.3, 0.4) is 0 Å². The monoisotopic (exact) mass is 523 g/mol. The summed E-state index contributed by atoms with van der Waals surface area (Å²) in [5.74, 6) is 0.585.